The molecule has 1 amide bonds. The minimum atomic E-state index is -3.88. The van der Waals surface area contributed by atoms with Gasteiger partial charge in [-0.3, -0.25) is 4.79 Å². The van der Waals surface area contributed by atoms with Crippen LogP contribution < -0.4 is 5.32 Å². The maximum Gasteiger partial charge on any atom is 0.284 e. The Morgan fingerprint density at radius 1 is 1.22 bits per heavy atom. The van der Waals surface area contributed by atoms with Crippen molar-refractivity contribution in [1.82, 2.24) is 9.88 Å². The van der Waals surface area contributed by atoms with Gasteiger partial charge in [0, 0.05) is 36.6 Å². The van der Waals surface area contributed by atoms with E-state index < -0.39 is 10.0 Å². The lowest BCUT2D eigenvalue weighted by molar-refractivity contribution is 0.102. The summed E-state index contributed by atoms with van der Waals surface area (Å²) >= 11 is 2.89. The lowest BCUT2D eigenvalue weighted by atomic mass is 10.2. The maximum absolute atomic E-state index is 12.9. The molecule has 1 fully saturated rings. The second-order valence-electron chi connectivity index (χ2n) is 7.64. The molecule has 0 bridgehead atoms. The molecule has 0 saturated carbocycles. The average Bonchev–Trinajstić information content (AvgIpc) is 3.38. The molecule has 0 spiro atoms. The van der Waals surface area contributed by atoms with E-state index in [1.807, 2.05) is 28.8 Å². The number of thiazole rings is 1. The Labute approximate surface area is 195 Å². The van der Waals surface area contributed by atoms with Crippen LogP contribution in [0.4, 0.5) is 5.69 Å². The summed E-state index contributed by atoms with van der Waals surface area (Å²) in [6.45, 7) is 2.59. The van der Waals surface area contributed by atoms with Gasteiger partial charge in [-0.1, -0.05) is 12.5 Å². The normalized spacial score (nSPS) is 16.2. The molecule has 3 aromatic rings. The summed E-state index contributed by atoms with van der Waals surface area (Å²) in [6.07, 6.45) is 3.66. The third-order valence-corrected chi connectivity index (χ3v) is 8.41. The Morgan fingerprint density at radius 2 is 2.06 bits per heavy atom. The van der Waals surface area contributed by atoms with Crippen LogP contribution in [0.3, 0.4) is 0 Å². The molecule has 0 atom stereocenters. The zero-order valence-corrected chi connectivity index (χ0v) is 20.3. The molecule has 0 aliphatic carbocycles. The number of carbonyl (C=O) groups excluding carboxylic acids is 1. The second kappa shape index (κ2) is 9.51. The highest BCUT2D eigenvalue weighted by Gasteiger charge is 2.20. The third-order valence-electron chi connectivity index (χ3n) is 5.22. The molecule has 0 radical (unpaired) electrons. The molecule has 1 aliphatic heterocycles. The van der Waals surface area contributed by atoms with Crippen molar-refractivity contribution in [1.29, 1.82) is 0 Å². The number of benzene rings is 1. The van der Waals surface area contributed by atoms with Gasteiger partial charge >= 0.3 is 0 Å². The molecule has 1 aromatic carbocycles. The Hall–Kier alpha value is -2.56. The minimum Gasteiger partial charge on any atom is -0.362 e. The van der Waals surface area contributed by atoms with Crippen molar-refractivity contribution in [3.8, 4) is 10.6 Å². The smallest absolute Gasteiger partial charge is 0.284 e. The number of anilines is 1. The van der Waals surface area contributed by atoms with Crippen LogP contribution in [0.2, 0.25) is 0 Å². The van der Waals surface area contributed by atoms with Crippen LogP contribution in [-0.2, 0) is 10.0 Å². The van der Waals surface area contributed by atoms with Crippen LogP contribution in [-0.4, -0.2) is 43.6 Å². The summed E-state index contributed by atoms with van der Waals surface area (Å²) in [7, 11) is -2.01. The molecule has 10 heteroatoms. The molecular formula is C22H24N4O3S3. The average molecular weight is 489 g/mol. The number of amidine groups is 1. The number of carbonyl (C=O) groups is 1. The van der Waals surface area contributed by atoms with Gasteiger partial charge in [-0.05, 0) is 49.4 Å². The SMILES string of the molecule is Cc1nc(-c2ccsc2)sc1C(=O)Nc1cccc(S(=O)(=O)N=C2CCCCCN2C)c1. The van der Waals surface area contributed by atoms with E-state index in [1.54, 1.807) is 30.4 Å². The van der Waals surface area contributed by atoms with Gasteiger partial charge < -0.3 is 10.2 Å². The number of likely N-dealkylation sites (tertiary alicyclic amines) is 1. The highest BCUT2D eigenvalue weighted by atomic mass is 32.2. The van der Waals surface area contributed by atoms with Crippen LogP contribution in [0.1, 0.15) is 41.0 Å². The van der Waals surface area contributed by atoms with Gasteiger partial charge in [-0.15, -0.1) is 15.7 Å². The predicted octanol–water partition coefficient (Wildman–Crippen LogP) is 5.03. The fourth-order valence-electron chi connectivity index (χ4n) is 3.47. The number of amides is 1. The molecule has 7 nitrogen and oxygen atoms in total. The van der Waals surface area contributed by atoms with Crippen molar-refractivity contribution in [2.24, 2.45) is 4.40 Å². The second-order valence-corrected chi connectivity index (χ2v) is 11.0. The van der Waals surface area contributed by atoms with E-state index >= 15 is 0 Å². The zero-order valence-electron chi connectivity index (χ0n) is 17.9. The Kier molecular flexibility index (Phi) is 6.73. The first-order chi connectivity index (χ1) is 15.3. The van der Waals surface area contributed by atoms with Gasteiger partial charge in [0.1, 0.15) is 15.7 Å². The van der Waals surface area contributed by atoms with Crippen LogP contribution in [0.25, 0.3) is 10.6 Å². The molecular weight excluding hydrogens is 464 g/mol. The lowest BCUT2D eigenvalue weighted by Gasteiger charge is -2.17. The molecule has 4 rings (SSSR count). The van der Waals surface area contributed by atoms with E-state index in [9.17, 15) is 13.2 Å². The van der Waals surface area contributed by atoms with Crippen LogP contribution in [0.15, 0.2) is 50.4 Å². The van der Waals surface area contributed by atoms with Crippen molar-refractivity contribution in [2.45, 2.75) is 37.5 Å². The number of hydrogen-bond donors (Lipinski definition) is 1. The molecule has 32 heavy (non-hydrogen) atoms. The summed E-state index contributed by atoms with van der Waals surface area (Å²) in [4.78, 5) is 19.8. The van der Waals surface area contributed by atoms with E-state index in [0.717, 1.165) is 36.4 Å². The van der Waals surface area contributed by atoms with Gasteiger partial charge in [0.05, 0.1) is 10.6 Å². The first-order valence-electron chi connectivity index (χ1n) is 10.3. The van der Waals surface area contributed by atoms with Gasteiger partial charge in [0.2, 0.25) is 0 Å². The van der Waals surface area contributed by atoms with Gasteiger partial charge in [-0.25, -0.2) is 4.98 Å². The topological polar surface area (TPSA) is 91.7 Å². The quantitative estimate of drug-likeness (QED) is 0.544. The number of aryl methyl sites for hydroxylation is 1. The molecule has 1 aliphatic rings. The predicted molar refractivity (Wildman–Crippen MR) is 130 cm³/mol. The molecule has 2 aromatic heterocycles. The number of nitrogens with one attached hydrogen (secondary N) is 1. The monoisotopic (exact) mass is 488 g/mol. The first kappa shape index (κ1) is 22.6. The van der Waals surface area contributed by atoms with E-state index in [2.05, 4.69) is 14.7 Å². The zero-order chi connectivity index (χ0) is 22.7. The van der Waals surface area contributed by atoms with E-state index in [4.69, 9.17) is 0 Å². The van der Waals surface area contributed by atoms with Crippen LogP contribution in [0.5, 0.6) is 0 Å². The summed E-state index contributed by atoms with van der Waals surface area (Å²) in [5.74, 6) is 0.268. The number of rotatable bonds is 5. The highest BCUT2D eigenvalue weighted by molar-refractivity contribution is 7.90. The fraction of sp³-hybridized carbons (Fsp3) is 0.318. The molecule has 1 N–H and O–H groups in total. The van der Waals surface area contributed by atoms with Gasteiger partial charge in [0.15, 0.2) is 0 Å². The number of aromatic nitrogens is 1. The highest BCUT2D eigenvalue weighted by Crippen LogP contribution is 2.30. The van der Waals surface area contributed by atoms with E-state index in [0.29, 0.717) is 28.5 Å². The van der Waals surface area contributed by atoms with Crippen molar-refractivity contribution < 1.29 is 13.2 Å². The van der Waals surface area contributed by atoms with Gasteiger partial charge in [0.25, 0.3) is 15.9 Å². The molecule has 0 unspecified atom stereocenters. The van der Waals surface area contributed by atoms with Crippen molar-refractivity contribution in [3.63, 3.8) is 0 Å². The summed E-state index contributed by atoms with van der Waals surface area (Å²) in [6, 6.07) is 8.18. The number of sulfonamides is 1. The summed E-state index contributed by atoms with van der Waals surface area (Å²) in [5, 5.41) is 7.54. The van der Waals surface area contributed by atoms with Crippen molar-refractivity contribution in [2.75, 3.05) is 18.9 Å². The fourth-order valence-corrected chi connectivity index (χ4v) is 6.29. The lowest BCUT2D eigenvalue weighted by Crippen LogP contribution is -2.26. The number of hydrogen-bond acceptors (Lipinski definition) is 6. The summed E-state index contributed by atoms with van der Waals surface area (Å²) < 4.78 is 29.9. The van der Waals surface area contributed by atoms with Gasteiger partial charge in [-0.2, -0.15) is 19.8 Å². The molecule has 1 saturated heterocycles. The number of thiophene rings is 1. The Morgan fingerprint density at radius 3 is 2.84 bits per heavy atom. The molecule has 3 heterocycles. The Bertz CT molecular complexity index is 1250. The maximum atomic E-state index is 12.9. The largest absolute Gasteiger partial charge is 0.362 e. The third kappa shape index (κ3) is 5.08. The van der Waals surface area contributed by atoms with E-state index in [-0.39, 0.29) is 10.8 Å². The standard InChI is InChI=1S/C22H24N4O3S3/c1-15-20(31-22(23-15)16-10-12-30-14-16)21(27)24-17-7-6-8-18(13-17)32(28,29)25-19-9-4-3-5-11-26(19)2/h6-8,10,12-14H,3-5,9,11H2,1-2H3,(H,24,27). The van der Waals surface area contributed by atoms with Crippen molar-refractivity contribution in [3.05, 3.63) is 51.7 Å². The van der Waals surface area contributed by atoms with Crippen LogP contribution >= 0.6 is 22.7 Å². The molecule has 168 valence electrons. The number of nitrogens with zero attached hydrogens (tertiary/aromatic N) is 3. The van der Waals surface area contributed by atoms with Crippen LogP contribution in [0, 0.1) is 6.92 Å². The Balaban J connectivity index is 1.55. The minimum absolute atomic E-state index is 0.0560. The van der Waals surface area contributed by atoms with Crippen molar-refractivity contribution >= 4 is 50.1 Å². The first-order valence-corrected chi connectivity index (χ1v) is 13.5. The van der Waals surface area contributed by atoms with E-state index in [1.165, 1.54) is 23.5 Å². The summed E-state index contributed by atoms with van der Waals surface area (Å²) in [5.41, 5.74) is 2.02.